The average Bonchev–Trinajstić information content (AvgIpc) is 3.52. The molecule has 0 spiro atoms. The lowest BCUT2D eigenvalue weighted by molar-refractivity contribution is -0.123. The van der Waals surface area contributed by atoms with Crippen LogP contribution in [0.15, 0.2) is 60.7 Å². The maximum atomic E-state index is 12.9. The Bertz CT molecular complexity index is 1120. The molecule has 1 heterocycles. The minimum Gasteiger partial charge on any atom is -0.448 e. The molecule has 1 aliphatic rings. The third kappa shape index (κ3) is 4.63. The Morgan fingerprint density at radius 3 is 2.39 bits per heavy atom. The predicted octanol–water partition coefficient (Wildman–Crippen LogP) is 3.03. The molecule has 3 aromatic rings. The van der Waals surface area contributed by atoms with Crippen LogP contribution in [0.2, 0.25) is 0 Å². The summed E-state index contributed by atoms with van der Waals surface area (Å²) in [6, 6.07) is 17.2. The monoisotopic (exact) mass is 418 g/mol. The van der Waals surface area contributed by atoms with E-state index in [2.05, 4.69) is 10.4 Å². The van der Waals surface area contributed by atoms with Crippen molar-refractivity contribution in [1.82, 2.24) is 9.78 Å². The maximum Gasteiger partial charge on any atom is 0.357 e. The fraction of sp³-hybridized carbons (Fsp3) is 0.217. The third-order valence-corrected chi connectivity index (χ3v) is 5.02. The highest BCUT2D eigenvalue weighted by Gasteiger charge is 2.30. The van der Waals surface area contributed by atoms with Gasteiger partial charge in [-0.2, -0.15) is 5.10 Å². The van der Waals surface area contributed by atoms with Crippen molar-refractivity contribution in [1.29, 1.82) is 0 Å². The van der Waals surface area contributed by atoms with E-state index in [1.165, 1.54) is 19.1 Å². The molecule has 0 aliphatic heterocycles. The lowest BCUT2D eigenvalue weighted by atomic mass is 10.2. The van der Waals surface area contributed by atoms with Gasteiger partial charge in [0.2, 0.25) is 5.91 Å². The number of amides is 2. The molecular weight excluding hydrogens is 396 g/mol. The topological polar surface area (TPSA) is 116 Å². The summed E-state index contributed by atoms with van der Waals surface area (Å²) in [5, 5.41) is 7.24. The Balaban J connectivity index is 1.47. The summed E-state index contributed by atoms with van der Waals surface area (Å²) in [7, 11) is 0. The molecule has 31 heavy (non-hydrogen) atoms. The van der Waals surface area contributed by atoms with Crippen LogP contribution in [0.1, 0.15) is 52.2 Å². The first-order valence-electron chi connectivity index (χ1n) is 9.99. The van der Waals surface area contributed by atoms with Gasteiger partial charge >= 0.3 is 5.97 Å². The molecule has 1 saturated carbocycles. The molecule has 1 atom stereocenters. The number of carbonyl (C=O) groups excluding carboxylic acids is 3. The zero-order chi connectivity index (χ0) is 22.0. The number of nitrogens with two attached hydrogens (primary N) is 1. The Hall–Kier alpha value is -3.94. The van der Waals surface area contributed by atoms with Gasteiger partial charge < -0.3 is 15.8 Å². The van der Waals surface area contributed by atoms with E-state index in [4.69, 9.17) is 10.5 Å². The summed E-state index contributed by atoms with van der Waals surface area (Å²) in [6.45, 7) is 1.50. The van der Waals surface area contributed by atoms with Crippen molar-refractivity contribution in [2.75, 3.05) is 5.32 Å². The zero-order valence-electron chi connectivity index (χ0n) is 16.9. The van der Waals surface area contributed by atoms with E-state index in [1.807, 2.05) is 30.3 Å². The van der Waals surface area contributed by atoms with Crippen molar-refractivity contribution in [3.63, 3.8) is 0 Å². The van der Waals surface area contributed by atoms with Crippen LogP contribution in [0, 0.1) is 0 Å². The van der Waals surface area contributed by atoms with Crippen molar-refractivity contribution in [2.24, 2.45) is 5.73 Å². The fourth-order valence-corrected chi connectivity index (χ4v) is 3.13. The molecule has 1 aromatic heterocycles. The van der Waals surface area contributed by atoms with Crippen molar-refractivity contribution in [3.8, 4) is 5.69 Å². The number of carbonyl (C=O) groups is 3. The molecule has 3 N–H and O–H groups in total. The van der Waals surface area contributed by atoms with E-state index in [-0.39, 0.29) is 5.69 Å². The van der Waals surface area contributed by atoms with Gasteiger partial charge in [-0.1, -0.05) is 18.2 Å². The van der Waals surface area contributed by atoms with Crippen molar-refractivity contribution in [3.05, 3.63) is 77.6 Å². The van der Waals surface area contributed by atoms with Gasteiger partial charge in [-0.3, -0.25) is 9.59 Å². The molecule has 1 fully saturated rings. The van der Waals surface area contributed by atoms with Gasteiger partial charge in [0.15, 0.2) is 11.8 Å². The van der Waals surface area contributed by atoms with Crippen LogP contribution in [-0.2, 0) is 9.53 Å². The molecule has 2 aromatic carbocycles. The number of hydrogen-bond acceptors (Lipinski definition) is 5. The predicted molar refractivity (Wildman–Crippen MR) is 114 cm³/mol. The van der Waals surface area contributed by atoms with Crippen LogP contribution in [0.3, 0.4) is 0 Å². The van der Waals surface area contributed by atoms with E-state index < -0.39 is 23.9 Å². The Morgan fingerprint density at radius 1 is 1.10 bits per heavy atom. The average molecular weight is 418 g/mol. The normalized spacial score (nSPS) is 14.0. The standard InChI is InChI=1S/C23H22N4O4/c1-14(22(29)25-17-11-9-16(10-12-17)21(24)28)31-23(30)20-13-19(15-7-8-15)26-27(20)18-5-3-2-4-6-18/h2-6,9-15H,7-8H2,1H3,(H2,24,28)(H,25,29)/t14-/m1/s1. The van der Waals surface area contributed by atoms with Gasteiger partial charge in [0.05, 0.1) is 11.4 Å². The second-order valence-electron chi connectivity index (χ2n) is 7.45. The number of nitrogens with zero attached hydrogens (tertiary/aromatic N) is 2. The molecular formula is C23H22N4O4. The van der Waals surface area contributed by atoms with Crippen molar-refractivity contribution in [2.45, 2.75) is 31.8 Å². The molecule has 0 saturated heterocycles. The molecule has 0 radical (unpaired) electrons. The quantitative estimate of drug-likeness (QED) is 0.572. The number of esters is 1. The summed E-state index contributed by atoms with van der Waals surface area (Å²) >= 11 is 0. The van der Waals surface area contributed by atoms with E-state index in [1.54, 1.807) is 22.9 Å². The van der Waals surface area contributed by atoms with Crippen LogP contribution in [0.25, 0.3) is 5.69 Å². The zero-order valence-corrected chi connectivity index (χ0v) is 16.9. The largest absolute Gasteiger partial charge is 0.448 e. The number of anilines is 1. The maximum absolute atomic E-state index is 12.9. The fourth-order valence-electron chi connectivity index (χ4n) is 3.13. The third-order valence-electron chi connectivity index (χ3n) is 5.02. The number of primary amides is 1. The molecule has 8 nitrogen and oxygen atoms in total. The molecule has 158 valence electrons. The second kappa shape index (κ2) is 8.43. The Kier molecular flexibility index (Phi) is 5.53. The van der Waals surface area contributed by atoms with Crippen LogP contribution in [0.4, 0.5) is 5.69 Å². The number of ether oxygens (including phenoxy) is 1. The molecule has 8 heteroatoms. The van der Waals surface area contributed by atoms with E-state index in [0.717, 1.165) is 24.2 Å². The minimum atomic E-state index is -1.04. The highest BCUT2D eigenvalue weighted by Crippen LogP contribution is 2.39. The number of hydrogen-bond donors (Lipinski definition) is 2. The first kappa shape index (κ1) is 20.3. The summed E-state index contributed by atoms with van der Waals surface area (Å²) in [5.74, 6) is -1.32. The number of rotatable bonds is 7. The SMILES string of the molecule is C[C@@H](OC(=O)c1cc(C2CC2)nn1-c1ccccc1)C(=O)Nc1ccc(C(N)=O)cc1. The summed E-state index contributed by atoms with van der Waals surface area (Å²) < 4.78 is 6.98. The lowest BCUT2D eigenvalue weighted by Gasteiger charge is -2.14. The number of para-hydroxylation sites is 1. The van der Waals surface area contributed by atoms with Gasteiger partial charge in [-0.25, -0.2) is 9.48 Å². The first-order chi connectivity index (χ1) is 14.9. The highest BCUT2D eigenvalue weighted by molar-refractivity contribution is 5.98. The van der Waals surface area contributed by atoms with Crippen LogP contribution in [0.5, 0.6) is 0 Å². The van der Waals surface area contributed by atoms with Gasteiger partial charge in [-0.05, 0) is 62.2 Å². The van der Waals surface area contributed by atoms with Crippen molar-refractivity contribution < 1.29 is 19.1 Å². The van der Waals surface area contributed by atoms with Crippen LogP contribution in [-0.4, -0.2) is 33.7 Å². The van der Waals surface area contributed by atoms with Gasteiger partial charge in [0.25, 0.3) is 5.91 Å². The van der Waals surface area contributed by atoms with Gasteiger partial charge in [0, 0.05) is 17.2 Å². The van der Waals surface area contributed by atoms with E-state index in [9.17, 15) is 14.4 Å². The summed E-state index contributed by atoms with van der Waals surface area (Å²) in [6.07, 6.45) is 1.06. The smallest absolute Gasteiger partial charge is 0.357 e. The number of benzene rings is 2. The van der Waals surface area contributed by atoms with E-state index in [0.29, 0.717) is 17.2 Å². The lowest BCUT2D eigenvalue weighted by Crippen LogP contribution is -2.30. The van der Waals surface area contributed by atoms with Crippen molar-refractivity contribution >= 4 is 23.5 Å². The molecule has 0 unspecified atom stereocenters. The van der Waals surface area contributed by atoms with Gasteiger partial charge in [-0.15, -0.1) is 0 Å². The summed E-state index contributed by atoms with van der Waals surface area (Å²) in [4.78, 5) is 36.5. The van der Waals surface area contributed by atoms with Crippen LogP contribution < -0.4 is 11.1 Å². The minimum absolute atomic E-state index is 0.276. The second-order valence-corrected chi connectivity index (χ2v) is 7.45. The first-order valence-corrected chi connectivity index (χ1v) is 9.99. The molecule has 2 amide bonds. The highest BCUT2D eigenvalue weighted by atomic mass is 16.5. The Labute approximate surface area is 179 Å². The van der Waals surface area contributed by atoms with Crippen LogP contribution >= 0.6 is 0 Å². The molecule has 0 bridgehead atoms. The molecule has 4 rings (SSSR count). The molecule has 1 aliphatic carbocycles. The van der Waals surface area contributed by atoms with Gasteiger partial charge in [0.1, 0.15) is 0 Å². The van der Waals surface area contributed by atoms with E-state index >= 15 is 0 Å². The summed E-state index contributed by atoms with van der Waals surface area (Å²) in [5.41, 5.74) is 7.87. The number of nitrogens with one attached hydrogen (secondary N) is 1. The Morgan fingerprint density at radius 2 is 1.77 bits per heavy atom. The number of aromatic nitrogens is 2.